The molecule has 0 aliphatic heterocycles. The second-order valence-corrected chi connectivity index (χ2v) is 15.0. The monoisotopic (exact) mass is 780 g/mol. The number of furan rings is 1. The number of benzene rings is 8. The third kappa shape index (κ3) is 6.74. The molecular formula is C56H36N4O. The van der Waals surface area contributed by atoms with Gasteiger partial charge in [0.05, 0.1) is 45.6 Å². The van der Waals surface area contributed by atoms with Gasteiger partial charge in [-0.25, -0.2) is 19.9 Å². The minimum Gasteiger partial charge on any atom is -0.456 e. The molecule has 11 aromatic rings. The second-order valence-electron chi connectivity index (χ2n) is 15.0. The van der Waals surface area contributed by atoms with Crippen molar-refractivity contribution < 1.29 is 4.42 Å². The summed E-state index contributed by atoms with van der Waals surface area (Å²) in [7, 11) is 0. The van der Waals surface area contributed by atoms with Crippen molar-refractivity contribution in [2.24, 2.45) is 0 Å². The zero-order valence-corrected chi connectivity index (χ0v) is 33.0. The van der Waals surface area contributed by atoms with E-state index in [0.29, 0.717) is 0 Å². The van der Waals surface area contributed by atoms with E-state index in [4.69, 9.17) is 24.4 Å². The number of para-hydroxylation sites is 1. The predicted molar refractivity (Wildman–Crippen MR) is 248 cm³/mol. The smallest absolute Gasteiger partial charge is 0.136 e. The third-order valence-electron chi connectivity index (χ3n) is 11.1. The van der Waals surface area contributed by atoms with Crippen LogP contribution in [0.5, 0.6) is 0 Å². The summed E-state index contributed by atoms with van der Waals surface area (Å²) in [6.07, 6.45) is 0. The molecular weight excluding hydrogens is 745 g/mol. The Labute approximate surface area is 353 Å². The van der Waals surface area contributed by atoms with Crippen molar-refractivity contribution in [2.75, 3.05) is 0 Å². The van der Waals surface area contributed by atoms with E-state index in [1.807, 2.05) is 109 Å². The van der Waals surface area contributed by atoms with Gasteiger partial charge in [0.25, 0.3) is 0 Å². The molecule has 5 heteroatoms. The molecule has 3 heterocycles. The topological polar surface area (TPSA) is 64.7 Å². The van der Waals surface area contributed by atoms with Crippen LogP contribution < -0.4 is 0 Å². The molecule has 5 nitrogen and oxygen atoms in total. The van der Waals surface area contributed by atoms with Crippen LogP contribution in [0.1, 0.15) is 0 Å². The number of nitrogens with zero attached hydrogens (tertiary/aromatic N) is 4. The molecule has 0 amide bonds. The first-order valence-electron chi connectivity index (χ1n) is 20.4. The van der Waals surface area contributed by atoms with Crippen LogP contribution in [0.25, 0.3) is 112 Å². The number of hydrogen-bond donors (Lipinski definition) is 0. The fraction of sp³-hybridized carbons (Fsp3) is 0. The number of hydrogen-bond acceptors (Lipinski definition) is 5. The van der Waals surface area contributed by atoms with Crippen molar-refractivity contribution in [3.05, 3.63) is 218 Å². The van der Waals surface area contributed by atoms with Gasteiger partial charge >= 0.3 is 0 Å². The van der Waals surface area contributed by atoms with E-state index >= 15 is 0 Å². The molecule has 61 heavy (non-hydrogen) atoms. The van der Waals surface area contributed by atoms with Gasteiger partial charge in [-0.3, -0.25) is 0 Å². The van der Waals surface area contributed by atoms with Crippen molar-refractivity contribution in [1.29, 1.82) is 0 Å². The van der Waals surface area contributed by atoms with Gasteiger partial charge < -0.3 is 4.42 Å². The van der Waals surface area contributed by atoms with E-state index in [9.17, 15) is 0 Å². The van der Waals surface area contributed by atoms with Crippen LogP contribution >= 0.6 is 0 Å². The molecule has 0 unspecified atom stereocenters. The van der Waals surface area contributed by atoms with Gasteiger partial charge in [0.2, 0.25) is 0 Å². The van der Waals surface area contributed by atoms with Gasteiger partial charge in [0.1, 0.15) is 11.2 Å². The standard InChI is InChI=1S/C56H36N4O/c1-6-18-37(19-7-1)49-50(38-20-8-2-9-21-38)58-54(53(57-49)41-26-14-5-15-27-41)42-30-32-43(33-31-42)55-56(44-34-35-46-45-28-16-17-29-47(45)61-48(46)36-44)60-52(40-24-12-4-13-25-40)51(59-55)39-22-10-3-11-23-39/h1-36H. The first-order chi connectivity index (χ1) is 30.2. The maximum atomic E-state index is 6.40. The number of fused-ring (bicyclic) bond motifs is 3. The minimum atomic E-state index is 0.761. The van der Waals surface area contributed by atoms with E-state index in [2.05, 4.69) is 109 Å². The van der Waals surface area contributed by atoms with Crippen LogP contribution in [0.2, 0.25) is 0 Å². The zero-order valence-electron chi connectivity index (χ0n) is 33.0. The Morgan fingerprint density at radius 1 is 0.213 bits per heavy atom. The Morgan fingerprint density at radius 2 is 0.475 bits per heavy atom. The summed E-state index contributed by atoms with van der Waals surface area (Å²) in [6, 6.07) is 74.5. The molecule has 3 aromatic heterocycles. The highest BCUT2D eigenvalue weighted by Gasteiger charge is 2.23. The van der Waals surface area contributed by atoms with Crippen LogP contribution in [0.15, 0.2) is 223 Å². The predicted octanol–water partition coefficient (Wildman–Crippen LogP) is 14.5. The van der Waals surface area contributed by atoms with Gasteiger partial charge in [0, 0.05) is 55.3 Å². The molecule has 0 radical (unpaired) electrons. The largest absolute Gasteiger partial charge is 0.456 e. The molecule has 0 spiro atoms. The summed E-state index contributed by atoms with van der Waals surface area (Å²) < 4.78 is 6.40. The summed E-state index contributed by atoms with van der Waals surface area (Å²) >= 11 is 0. The van der Waals surface area contributed by atoms with Crippen molar-refractivity contribution in [1.82, 2.24) is 19.9 Å². The normalized spacial score (nSPS) is 11.3. The summed E-state index contributed by atoms with van der Waals surface area (Å²) in [6.45, 7) is 0. The molecule has 286 valence electrons. The highest BCUT2D eigenvalue weighted by molar-refractivity contribution is 6.06. The van der Waals surface area contributed by atoms with E-state index < -0.39 is 0 Å². The van der Waals surface area contributed by atoms with Crippen molar-refractivity contribution in [3.8, 4) is 90.1 Å². The summed E-state index contributed by atoms with van der Waals surface area (Å²) in [5, 5.41) is 2.14. The Balaban J connectivity index is 1.12. The lowest BCUT2D eigenvalue weighted by Crippen LogP contribution is -2.02. The molecule has 0 N–H and O–H groups in total. The molecule has 0 saturated carbocycles. The molecule has 0 atom stereocenters. The van der Waals surface area contributed by atoms with Crippen LogP contribution in [-0.2, 0) is 0 Å². The quantitative estimate of drug-likeness (QED) is 0.154. The van der Waals surface area contributed by atoms with Crippen molar-refractivity contribution in [3.63, 3.8) is 0 Å². The lowest BCUT2D eigenvalue weighted by atomic mass is 9.96. The second kappa shape index (κ2) is 15.5. The van der Waals surface area contributed by atoms with Gasteiger partial charge in [-0.05, 0) is 18.2 Å². The first-order valence-corrected chi connectivity index (χ1v) is 20.4. The molecule has 0 saturated heterocycles. The highest BCUT2D eigenvalue weighted by Crippen LogP contribution is 2.41. The SMILES string of the molecule is c1ccc(-c2nc(-c3ccccc3)c(-c3ccc(-c4nc(-c5ccccc5)c(-c5ccccc5)nc4-c4ccc5c(c4)oc4ccccc45)cc3)nc2-c2ccccc2)cc1. The Morgan fingerprint density at radius 3 is 0.836 bits per heavy atom. The molecule has 0 aliphatic carbocycles. The molecule has 11 rings (SSSR count). The number of aromatic nitrogens is 4. The third-order valence-corrected chi connectivity index (χ3v) is 11.1. The van der Waals surface area contributed by atoms with Gasteiger partial charge in [-0.15, -0.1) is 0 Å². The summed E-state index contributed by atoms with van der Waals surface area (Å²) in [4.78, 5) is 22.0. The van der Waals surface area contributed by atoms with Crippen LogP contribution in [0.3, 0.4) is 0 Å². The van der Waals surface area contributed by atoms with Crippen LogP contribution in [0.4, 0.5) is 0 Å². The summed E-state index contributed by atoms with van der Waals surface area (Å²) in [5.74, 6) is 0. The maximum absolute atomic E-state index is 6.40. The summed E-state index contributed by atoms with van der Waals surface area (Å²) in [5.41, 5.74) is 15.8. The van der Waals surface area contributed by atoms with E-state index in [1.54, 1.807) is 0 Å². The highest BCUT2D eigenvalue weighted by atomic mass is 16.3. The zero-order chi connectivity index (χ0) is 40.5. The van der Waals surface area contributed by atoms with Crippen LogP contribution in [-0.4, -0.2) is 19.9 Å². The fourth-order valence-corrected chi connectivity index (χ4v) is 8.12. The maximum Gasteiger partial charge on any atom is 0.136 e. The number of rotatable bonds is 8. The average molecular weight is 781 g/mol. The molecule has 8 aromatic carbocycles. The van der Waals surface area contributed by atoms with E-state index in [1.165, 1.54) is 0 Å². The van der Waals surface area contributed by atoms with Gasteiger partial charge in [-0.1, -0.05) is 200 Å². The molecule has 0 bridgehead atoms. The Hall–Kier alpha value is -8.28. The molecule has 0 fully saturated rings. The lowest BCUT2D eigenvalue weighted by molar-refractivity contribution is 0.669. The van der Waals surface area contributed by atoms with Gasteiger partial charge in [-0.2, -0.15) is 0 Å². The van der Waals surface area contributed by atoms with Crippen LogP contribution in [0, 0.1) is 0 Å². The van der Waals surface area contributed by atoms with Crippen molar-refractivity contribution >= 4 is 21.9 Å². The minimum absolute atomic E-state index is 0.761. The lowest BCUT2D eigenvalue weighted by Gasteiger charge is -2.17. The molecule has 0 aliphatic rings. The Bertz CT molecular complexity index is 3310. The van der Waals surface area contributed by atoms with E-state index in [0.717, 1.165) is 112 Å². The van der Waals surface area contributed by atoms with Gasteiger partial charge in [0.15, 0.2) is 0 Å². The fourth-order valence-electron chi connectivity index (χ4n) is 8.12. The first kappa shape index (κ1) is 35.8. The average Bonchev–Trinajstić information content (AvgIpc) is 3.73. The van der Waals surface area contributed by atoms with E-state index in [-0.39, 0.29) is 0 Å². The van der Waals surface area contributed by atoms with Crippen molar-refractivity contribution in [2.45, 2.75) is 0 Å². The Kier molecular flexibility index (Phi) is 9.10.